The van der Waals surface area contributed by atoms with E-state index in [2.05, 4.69) is 24.1 Å². The zero-order valence-corrected chi connectivity index (χ0v) is 14.0. The second-order valence-electron chi connectivity index (χ2n) is 5.98. The molecule has 0 saturated heterocycles. The Balaban J connectivity index is 1.58. The molecule has 0 aliphatic heterocycles. The summed E-state index contributed by atoms with van der Waals surface area (Å²) in [6.07, 6.45) is 0. The first kappa shape index (κ1) is 16.1. The fraction of sp³-hybridized carbons (Fsp3) is 0.263. The molecule has 3 aromatic rings. The first-order valence-corrected chi connectivity index (χ1v) is 7.91. The monoisotopic (exact) mass is 324 g/mol. The Morgan fingerprint density at radius 2 is 1.96 bits per heavy atom. The number of carbonyl (C=O) groups excluding carboxylic acids is 1. The maximum absolute atomic E-state index is 12.0. The number of aromatic nitrogens is 1. The molecule has 0 radical (unpaired) electrons. The number of benzene rings is 2. The molecule has 0 unspecified atom stereocenters. The second kappa shape index (κ2) is 6.74. The van der Waals surface area contributed by atoms with Crippen LogP contribution in [-0.4, -0.2) is 17.5 Å². The molecular weight excluding hydrogens is 304 g/mol. The minimum absolute atomic E-state index is 0.0447. The third-order valence-corrected chi connectivity index (χ3v) is 3.69. The normalized spacial score (nSPS) is 11.0. The van der Waals surface area contributed by atoms with Gasteiger partial charge in [0.05, 0.1) is 0 Å². The zero-order chi connectivity index (χ0) is 17.1. The van der Waals surface area contributed by atoms with Gasteiger partial charge in [0.2, 0.25) is 0 Å². The van der Waals surface area contributed by atoms with Crippen molar-refractivity contribution in [3.63, 3.8) is 0 Å². The van der Waals surface area contributed by atoms with Crippen molar-refractivity contribution in [3.8, 4) is 5.75 Å². The molecule has 5 nitrogen and oxygen atoms in total. The van der Waals surface area contributed by atoms with Crippen LogP contribution in [0.3, 0.4) is 0 Å². The van der Waals surface area contributed by atoms with Crippen LogP contribution < -0.4 is 10.1 Å². The summed E-state index contributed by atoms with van der Waals surface area (Å²) in [6, 6.07) is 13.1. The van der Waals surface area contributed by atoms with Gasteiger partial charge >= 0.3 is 0 Å². The molecule has 124 valence electrons. The van der Waals surface area contributed by atoms with E-state index in [-0.39, 0.29) is 12.5 Å². The van der Waals surface area contributed by atoms with E-state index in [9.17, 15) is 4.79 Å². The maximum Gasteiger partial charge on any atom is 0.262 e. The van der Waals surface area contributed by atoms with Gasteiger partial charge in [-0.25, -0.2) is 4.98 Å². The number of amides is 1. The number of fused-ring (bicyclic) bond motifs is 1. The van der Waals surface area contributed by atoms with Gasteiger partial charge in [-0.2, -0.15) is 0 Å². The van der Waals surface area contributed by atoms with E-state index in [0.717, 1.165) is 5.52 Å². The van der Waals surface area contributed by atoms with Gasteiger partial charge in [-0.3, -0.25) is 4.79 Å². The SMILES string of the molecule is Cc1nc2cc(NC(=O)COc3ccc(C(C)C)cc3)ccc2o1. The number of aryl methyl sites for hydroxylation is 1. The summed E-state index contributed by atoms with van der Waals surface area (Å²) in [5, 5.41) is 2.80. The van der Waals surface area contributed by atoms with Crippen LogP contribution in [0.2, 0.25) is 0 Å². The van der Waals surface area contributed by atoms with E-state index in [0.29, 0.717) is 28.8 Å². The predicted molar refractivity (Wildman–Crippen MR) is 93.4 cm³/mol. The van der Waals surface area contributed by atoms with Gasteiger partial charge in [0.15, 0.2) is 18.1 Å². The lowest BCUT2D eigenvalue weighted by Gasteiger charge is -2.09. The highest BCUT2D eigenvalue weighted by atomic mass is 16.5. The quantitative estimate of drug-likeness (QED) is 0.761. The van der Waals surface area contributed by atoms with Gasteiger partial charge in [-0.1, -0.05) is 26.0 Å². The van der Waals surface area contributed by atoms with E-state index in [1.165, 1.54) is 5.56 Å². The molecule has 1 amide bonds. The number of nitrogens with one attached hydrogen (secondary N) is 1. The average molecular weight is 324 g/mol. The Morgan fingerprint density at radius 1 is 1.21 bits per heavy atom. The van der Waals surface area contributed by atoms with Crippen LogP contribution >= 0.6 is 0 Å². The number of nitrogens with zero attached hydrogens (tertiary/aromatic N) is 1. The summed E-state index contributed by atoms with van der Waals surface area (Å²) in [4.78, 5) is 16.3. The van der Waals surface area contributed by atoms with Gasteiger partial charge in [0, 0.05) is 12.6 Å². The number of hydrogen-bond acceptors (Lipinski definition) is 4. The van der Waals surface area contributed by atoms with Crippen molar-refractivity contribution in [2.75, 3.05) is 11.9 Å². The molecule has 1 aromatic heterocycles. The fourth-order valence-corrected chi connectivity index (χ4v) is 2.42. The molecule has 2 aromatic carbocycles. The highest BCUT2D eigenvalue weighted by Gasteiger charge is 2.07. The first-order valence-electron chi connectivity index (χ1n) is 7.91. The first-order chi connectivity index (χ1) is 11.5. The fourth-order valence-electron chi connectivity index (χ4n) is 2.42. The molecule has 5 heteroatoms. The number of rotatable bonds is 5. The van der Waals surface area contributed by atoms with Crippen LogP contribution in [-0.2, 0) is 4.79 Å². The van der Waals surface area contributed by atoms with Crippen LogP contribution in [0.5, 0.6) is 5.75 Å². The Hall–Kier alpha value is -2.82. The van der Waals surface area contributed by atoms with Crippen molar-refractivity contribution in [3.05, 3.63) is 53.9 Å². The summed E-state index contributed by atoms with van der Waals surface area (Å²) in [5.41, 5.74) is 3.32. The van der Waals surface area contributed by atoms with E-state index in [1.54, 1.807) is 25.1 Å². The Bertz CT molecular complexity index is 851. The summed E-state index contributed by atoms with van der Waals surface area (Å²) < 4.78 is 10.9. The van der Waals surface area contributed by atoms with E-state index < -0.39 is 0 Å². The highest BCUT2D eigenvalue weighted by Crippen LogP contribution is 2.20. The summed E-state index contributed by atoms with van der Waals surface area (Å²) in [6.45, 7) is 6.01. The van der Waals surface area contributed by atoms with Gasteiger partial charge in [0.1, 0.15) is 11.3 Å². The van der Waals surface area contributed by atoms with Gasteiger partial charge in [-0.15, -0.1) is 0 Å². The molecule has 1 N–H and O–H groups in total. The lowest BCUT2D eigenvalue weighted by Crippen LogP contribution is -2.20. The Labute approximate surface area is 140 Å². The molecule has 1 heterocycles. The topological polar surface area (TPSA) is 64.4 Å². The van der Waals surface area contributed by atoms with Crippen molar-refractivity contribution >= 4 is 22.7 Å². The third-order valence-electron chi connectivity index (χ3n) is 3.69. The van der Waals surface area contributed by atoms with Crippen LogP contribution in [0.15, 0.2) is 46.9 Å². The van der Waals surface area contributed by atoms with Gasteiger partial charge in [0.25, 0.3) is 5.91 Å². The van der Waals surface area contributed by atoms with E-state index in [1.807, 2.05) is 24.3 Å². The number of carbonyl (C=O) groups is 1. The van der Waals surface area contributed by atoms with Crippen molar-refractivity contribution in [2.45, 2.75) is 26.7 Å². The molecular formula is C19H20N2O3. The molecule has 3 rings (SSSR count). The average Bonchev–Trinajstić information content (AvgIpc) is 2.92. The van der Waals surface area contributed by atoms with Crippen LogP contribution in [0.1, 0.15) is 31.2 Å². The highest BCUT2D eigenvalue weighted by molar-refractivity contribution is 5.93. The molecule has 24 heavy (non-hydrogen) atoms. The van der Waals surface area contributed by atoms with Crippen molar-refractivity contribution in [1.29, 1.82) is 0 Å². The van der Waals surface area contributed by atoms with E-state index >= 15 is 0 Å². The molecule has 0 spiro atoms. The minimum atomic E-state index is -0.220. The molecule has 0 aliphatic carbocycles. The van der Waals surface area contributed by atoms with Gasteiger partial charge < -0.3 is 14.5 Å². The lowest BCUT2D eigenvalue weighted by atomic mass is 10.0. The number of ether oxygens (including phenoxy) is 1. The molecule has 0 atom stereocenters. The van der Waals surface area contributed by atoms with Crippen LogP contribution in [0, 0.1) is 6.92 Å². The van der Waals surface area contributed by atoms with Crippen molar-refractivity contribution in [1.82, 2.24) is 4.98 Å². The largest absolute Gasteiger partial charge is 0.484 e. The smallest absolute Gasteiger partial charge is 0.262 e. The molecule has 0 fully saturated rings. The summed E-state index contributed by atoms with van der Waals surface area (Å²) in [5.74, 6) is 1.53. The molecule has 0 saturated carbocycles. The summed E-state index contributed by atoms with van der Waals surface area (Å²) >= 11 is 0. The third kappa shape index (κ3) is 3.74. The van der Waals surface area contributed by atoms with E-state index in [4.69, 9.17) is 9.15 Å². The lowest BCUT2D eigenvalue weighted by molar-refractivity contribution is -0.118. The van der Waals surface area contributed by atoms with Crippen molar-refractivity contribution in [2.24, 2.45) is 0 Å². The standard InChI is InChI=1S/C19H20N2O3/c1-12(2)14-4-7-16(8-5-14)23-11-19(22)21-15-6-9-18-17(10-15)20-13(3)24-18/h4-10,12H,11H2,1-3H3,(H,21,22). The van der Waals surface area contributed by atoms with Crippen LogP contribution in [0.4, 0.5) is 5.69 Å². The second-order valence-corrected chi connectivity index (χ2v) is 5.98. The molecule has 0 aliphatic rings. The van der Waals surface area contributed by atoms with Crippen LogP contribution in [0.25, 0.3) is 11.1 Å². The number of oxazole rings is 1. The Kier molecular flexibility index (Phi) is 4.51. The molecule has 0 bridgehead atoms. The Morgan fingerprint density at radius 3 is 2.67 bits per heavy atom. The zero-order valence-electron chi connectivity index (χ0n) is 14.0. The number of hydrogen-bond donors (Lipinski definition) is 1. The maximum atomic E-state index is 12.0. The minimum Gasteiger partial charge on any atom is -0.484 e. The predicted octanol–water partition coefficient (Wildman–Crippen LogP) is 4.28. The summed E-state index contributed by atoms with van der Waals surface area (Å²) in [7, 11) is 0. The number of anilines is 1. The van der Waals surface area contributed by atoms with Crippen molar-refractivity contribution < 1.29 is 13.9 Å². The van der Waals surface area contributed by atoms with Gasteiger partial charge in [-0.05, 0) is 41.8 Å².